The van der Waals surface area contributed by atoms with Crippen molar-refractivity contribution in [2.75, 3.05) is 0 Å². The normalized spacial score (nSPS) is 11.2. The minimum absolute atomic E-state index is 0.445. The number of aryl methyl sites for hydroxylation is 3. The van der Waals surface area contributed by atoms with Gasteiger partial charge in [-0.15, -0.1) is 10.2 Å². The predicted octanol–water partition coefficient (Wildman–Crippen LogP) is 3.29. The molecule has 0 aliphatic rings. The molecule has 0 saturated carbocycles. The van der Waals surface area contributed by atoms with Crippen LogP contribution >= 0.6 is 11.6 Å². The van der Waals surface area contributed by atoms with Crippen molar-refractivity contribution in [3.05, 3.63) is 57.8 Å². The Hall–Kier alpha value is -1.94. The van der Waals surface area contributed by atoms with E-state index in [1.54, 1.807) is 6.07 Å². The summed E-state index contributed by atoms with van der Waals surface area (Å²) >= 11 is 5.95. The first-order valence-corrected chi connectivity index (χ1v) is 6.85. The number of aromatic nitrogens is 4. The van der Waals surface area contributed by atoms with Crippen LogP contribution in [0.1, 0.15) is 28.3 Å². The summed E-state index contributed by atoms with van der Waals surface area (Å²) < 4.78 is 1.95. The fourth-order valence-electron chi connectivity index (χ4n) is 2.40. The monoisotopic (exact) mass is 286 g/mol. The summed E-state index contributed by atoms with van der Waals surface area (Å²) in [5.41, 5.74) is 4.50. The lowest BCUT2D eigenvalue weighted by Gasteiger charge is -2.07. The van der Waals surface area contributed by atoms with Gasteiger partial charge in [0, 0.05) is 12.5 Å². The Balaban J connectivity index is 2.09. The molecule has 0 aliphatic heterocycles. The minimum atomic E-state index is 0.445. The molecule has 2 heterocycles. The van der Waals surface area contributed by atoms with E-state index in [-0.39, 0.29) is 0 Å². The van der Waals surface area contributed by atoms with Crippen LogP contribution in [0.5, 0.6) is 0 Å². The second-order valence-corrected chi connectivity index (χ2v) is 5.43. The number of halogens is 1. The highest BCUT2D eigenvalue weighted by Gasteiger charge is 2.11. The fourth-order valence-corrected chi connectivity index (χ4v) is 2.62. The number of nitrogens with zero attached hydrogens (tertiary/aromatic N) is 4. The van der Waals surface area contributed by atoms with Gasteiger partial charge in [-0.1, -0.05) is 35.4 Å². The van der Waals surface area contributed by atoms with Gasteiger partial charge in [0.1, 0.15) is 16.8 Å². The molecule has 0 aliphatic carbocycles. The summed E-state index contributed by atoms with van der Waals surface area (Å²) in [6.07, 6.45) is 0.735. The minimum Gasteiger partial charge on any atom is -0.266 e. The summed E-state index contributed by atoms with van der Waals surface area (Å²) in [5.74, 6) is 1.69. The maximum Gasteiger partial charge on any atom is 0.165 e. The lowest BCUT2D eigenvalue weighted by molar-refractivity contribution is 0.881. The number of hydrogen-bond acceptors (Lipinski definition) is 3. The topological polar surface area (TPSA) is 43.1 Å². The highest BCUT2D eigenvalue weighted by atomic mass is 35.5. The summed E-state index contributed by atoms with van der Waals surface area (Å²) in [5, 5.41) is 8.90. The van der Waals surface area contributed by atoms with Crippen LogP contribution in [0.25, 0.3) is 5.65 Å². The second-order valence-electron chi connectivity index (χ2n) is 5.04. The van der Waals surface area contributed by atoms with Crippen LogP contribution in [0.3, 0.4) is 0 Å². The summed E-state index contributed by atoms with van der Waals surface area (Å²) in [7, 11) is 0. The molecule has 3 rings (SSSR count). The van der Waals surface area contributed by atoms with Crippen molar-refractivity contribution in [2.24, 2.45) is 0 Å². The van der Waals surface area contributed by atoms with Gasteiger partial charge in [0.25, 0.3) is 0 Å². The van der Waals surface area contributed by atoms with E-state index in [0.29, 0.717) is 5.15 Å². The lowest BCUT2D eigenvalue weighted by atomic mass is 10.0. The van der Waals surface area contributed by atoms with E-state index in [1.807, 2.05) is 11.3 Å². The van der Waals surface area contributed by atoms with Gasteiger partial charge < -0.3 is 0 Å². The van der Waals surface area contributed by atoms with E-state index < -0.39 is 0 Å². The van der Waals surface area contributed by atoms with Crippen LogP contribution in [0, 0.1) is 20.8 Å². The average Bonchev–Trinajstić information content (AvgIpc) is 2.77. The molecule has 5 heteroatoms. The SMILES string of the molecule is Cc1ccc(C)c(Cc2nnc3cc(Cl)nc(C)n23)c1. The molecular formula is C15H15ClN4. The molecule has 0 amide bonds. The van der Waals surface area contributed by atoms with Gasteiger partial charge in [0.05, 0.1) is 0 Å². The Morgan fingerprint density at radius 3 is 2.70 bits per heavy atom. The first kappa shape index (κ1) is 13.1. The van der Waals surface area contributed by atoms with Crippen molar-refractivity contribution >= 4 is 17.2 Å². The van der Waals surface area contributed by atoms with Gasteiger partial charge in [-0.2, -0.15) is 0 Å². The quantitative estimate of drug-likeness (QED) is 0.679. The Bertz CT molecular complexity index is 792. The molecule has 3 aromatic rings. The van der Waals surface area contributed by atoms with Gasteiger partial charge in [0.2, 0.25) is 0 Å². The van der Waals surface area contributed by atoms with Gasteiger partial charge >= 0.3 is 0 Å². The highest BCUT2D eigenvalue weighted by Crippen LogP contribution is 2.17. The molecule has 0 atom stereocenters. The molecule has 0 fully saturated rings. The molecule has 20 heavy (non-hydrogen) atoms. The fraction of sp³-hybridized carbons (Fsp3) is 0.267. The maximum atomic E-state index is 5.95. The summed E-state index contributed by atoms with van der Waals surface area (Å²) in [6, 6.07) is 8.17. The molecule has 2 aromatic heterocycles. The van der Waals surface area contributed by atoms with Crippen molar-refractivity contribution in [3.63, 3.8) is 0 Å². The van der Waals surface area contributed by atoms with Crippen molar-refractivity contribution in [3.8, 4) is 0 Å². The van der Waals surface area contributed by atoms with E-state index in [4.69, 9.17) is 11.6 Å². The van der Waals surface area contributed by atoms with Crippen molar-refractivity contribution < 1.29 is 0 Å². The number of benzene rings is 1. The third kappa shape index (κ3) is 2.27. The molecule has 0 bridgehead atoms. The highest BCUT2D eigenvalue weighted by molar-refractivity contribution is 6.29. The van der Waals surface area contributed by atoms with Crippen LogP contribution in [0.15, 0.2) is 24.3 Å². The molecule has 1 aromatic carbocycles. The van der Waals surface area contributed by atoms with E-state index >= 15 is 0 Å². The average molecular weight is 287 g/mol. The summed E-state index contributed by atoms with van der Waals surface area (Å²) in [6.45, 7) is 6.12. The molecule has 0 N–H and O–H groups in total. The van der Waals surface area contributed by atoms with Crippen molar-refractivity contribution in [1.82, 2.24) is 19.6 Å². The summed E-state index contributed by atoms with van der Waals surface area (Å²) in [4.78, 5) is 4.26. The number of rotatable bonds is 2. The van der Waals surface area contributed by atoms with E-state index in [1.165, 1.54) is 16.7 Å². The molecule has 4 nitrogen and oxygen atoms in total. The maximum absolute atomic E-state index is 5.95. The van der Waals surface area contributed by atoms with E-state index in [0.717, 1.165) is 23.7 Å². The molecule has 102 valence electrons. The molecule has 0 radical (unpaired) electrons. The van der Waals surface area contributed by atoms with Crippen LogP contribution < -0.4 is 0 Å². The van der Waals surface area contributed by atoms with Crippen LogP contribution in [0.4, 0.5) is 0 Å². The molecule has 0 saturated heterocycles. The van der Waals surface area contributed by atoms with Crippen LogP contribution in [-0.4, -0.2) is 19.6 Å². The zero-order valence-electron chi connectivity index (χ0n) is 11.7. The van der Waals surface area contributed by atoms with E-state index in [2.05, 4.69) is 47.2 Å². The van der Waals surface area contributed by atoms with Gasteiger partial charge in [-0.25, -0.2) is 4.98 Å². The van der Waals surface area contributed by atoms with Gasteiger partial charge in [-0.05, 0) is 31.9 Å². The second kappa shape index (κ2) is 4.87. The Kier molecular flexibility index (Phi) is 3.18. The lowest BCUT2D eigenvalue weighted by Crippen LogP contribution is -2.03. The number of hydrogen-bond donors (Lipinski definition) is 0. The predicted molar refractivity (Wildman–Crippen MR) is 79.3 cm³/mol. The third-order valence-corrected chi connectivity index (χ3v) is 3.64. The van der Waals surface area contributed by atoms with Gasteiger partial charge in [0.15, 0.2) is 5.65 Å². The Morgan fingerprint density at radius 2 is 1.90 bits per heavy atom. The van der Waals surface area contributed by atoms with Gasteiger partial charge in [-0.3, -0.25) is 4.40 Å². The third-order valence-electron chi connectivity index (χ3n) is 3.45. The zero-order chi connectivity index (χ0) is 14.3. The molecule has 0 spiro atoms. The van der Waals surface area contributed by atoms with Crippen LogP contribution in [-0.2, 0) is 6.42 Å². The Labute approximate surface area is 122 Å². The first-order chi connectivity index (χ1) is 9.54. The standard InChI is InChI=1S/C15H15ClN4/c1-9-4-5-10(2)12(6-9)7-14-18-19-15-8-13(16)17-11(3)20(14)15/h4-6,8H,7H2,1-3H3. The Morgan fingerprint density at radius 1 is 1.10 bits per heavy atom. The smallest absolute Gasteiger partial charge is 0.165 e. The molecular weight excluding hydrogens is 272 g/mol. The number of fused-ring (bicyclic) bond motifs is 1. The van der Waals surface area contributed by atoms with Crippen molar-refractivity contribution in [2.45, 2.75) is 27.2 Å². The molecule has 0 unspecified atom stereocenters. The van der Waals surface area contributed by atoms with Crippen molar-refractivity contribution in [1.29, 1.82) is 0 Å². The largest absolute Gasteiger partial charge is 0.266 e. The zero-order valence-corrected chi connectivity index (χ0v) is 12.4. The van der Waals surface area contributed by atoms with E-state index in [9.17, 15) is 0 Å². The first-order valence-electron chi connectivity index (χ1n) is 6.48. The van der Waals surface area contributed by atoms with Crippen LogP contribution in [0.2, 0.25) is 5.15 Å².